The average Bonchev–Trinajstić information content (AvgIpc) is 3.04. The van der Waals surface area contributed by atoms with Gasteiger partial charge >= 0.3 is 6.18 Å². The van der Waals surface area contributed by atoms with Crippen molar-refractivity contribution < 1.29 is 18.0 Å². The van der Waals surface area contributed by atoms with Crippen LogP contribution < -0.4 is 11.3 Å². The first-order valence-corrected chi connectivity index (χ1v) is 5.72. The average molecular weight is 253 g/mol. The van der Waals surface area contributed by atoms with Crippen LogP contribution in [0.5, 0.6) is 0 Å². The van der Waals surface area contributed by atoms with Crippen LogP contribution in [0.2, 0.25) is 0 Å². The van der Waals surface area contributed by atoms with E-state index in [0.29, 0.717) is 19.4 Å². The zero-order valence-electron chi connectivity index (χ0n) is 9.59. The fraction of sp³-hybridized carbons (Fsp3) is 0.900. The molecule has 1 fully saturated rings. The minimum atomic E-state index is -4.14. The van der Waals surface area contributed by atoms with Crippen LogP contribution in [0.25, 0.3) is 0 Å². The summed E-state index contributed by atoms with van der Waals surface area (Å²) < 4.78 is 36.8. The maximum Gasteiger partial charge on any atom is 0.401 e. The van der Waals surface area contributed by atoms with Crippen LogP contribution in [0.1, 0.15) is 32.1 Å². The van der Waals surface area contributed by atoms with Gasteiger partial charge in [0.1, 0.15) is 0 Å². The fourth-order valence-electron chi connectivity index (χ4n) is 1.73. The first kappa shape index (κ1) is 14.2. The van der Waals surface area contributed by atoms with Gasteiger partial charge in [0.05, 0.1) is 6.54 Å². The predicted octanol–water partition coefficient (Wildman–Crippen LogP) is 1.17. The van der Waals surface area contributed by atoms with Crippen molar-refractivity contribution >= 4 is 5.91 Å². The number of alkyl halides is 3. The Bertz CT molecular complexity index is 254. The summed E-state index contributed by atoms with van der Waals surface area (Å²) >= 11 is 0. The summed E-state index contributed by atoms with van der Waals surface area (Å²) in [5, 5.41) is 0. The Morgan fingerprint density at radius 2 is 2.00 bits per heavy atom. The molecule has 17 heavy (non-hydrogen) atoms. The second-order valence-electron chi connectivity index (χ2n) is 4.34. The Hall–Kier alpha value is -0.820. The highest BCUT2D eigenvalue weighted by Crippen LogP contribution is 2.30. The molecule has 0 radical (unpaired) electrons. The zero-order chi connectivity index (χ0) is 12.9. The van der Waals surface area contributed by atoms with Crippen molar-refractivity contribution in [2.45, 2.75) is 44.3 Å². The molecule has 1 amide bonds. The summed E-state index contributed by atoms with van der Waals surface area (Å²) in [7, 11) is 0. The molecule has 0 bridgehead atoms. The second kappa shape index (κ2) is 6.20. The first-order chi connectivity index (χ1) is 7.92. The lowest BCUT2D eigenvalue weighted by Gasteiger charge is -2.23. The van der Waals surface area contributed by atoms with E-state index in [4.69, 9.17) is 5.84 Å². The van der Waals surface area contributed by atoms with Gasteiger partial charge in [-0.05, 0) is 32.2 Å². The third-order valence-electron chi connectivity index (χ3n) is 2.71. The standard InChI is InChI=1S/C10H18F3N3O/c11-10(12,13)7-16(8-4-5-8)6-2-1-3-9(17)15-14/h8H,1-7,14H2,(H,15,17). The van der Waals surface area contributed by atoms with Crippen molar-refractivity contribution in [3.8, 4) is 0 Å². The molecule has 0 aromatic rings. The van der Waals surface area contributed by atoms with E-state index in [9.17, 15) is 18.0 Å². The number of carbonyl (C=O) groups is 1. The van der Waals surface area contributed by atoms with E-state index in [1.54, 1.807) is 0 Å². The van der Waals surface area contributed by atoms with Gasteiger partial charge in [-0.15, -0.1) is 0 Å². The maximum atomic E-state index is 12.3. The second-order valence-corrected chi connectivity index (χ2v) is 4.34. The molecule has 1 saturated carbocycles. The van der Waals surface area contributed by atoms with Crippen LogP contribution in [-0.2, 0) is 4.79 Å². The molecular weight excluding hydrogens is 235 g/mol. The smallest absolute Gasteiger partial charge is 0.294 e. The van der Waals surface area contributed by atoms with Crippen molar-refractivity contribution in [1.82, 2.24) is 10.3 Å². The lowest BCUT2D eigenvalue weighted by molar-refractivity contribution is -0.147. The summed E-state index contributed by atoms with van der Waals surface area (Å²) in [5.41, 5.74) is 1.99. The molecule has 0 spiro atoms. The lowest BCUT2D eigenvalue weighted by Crippen LogP contribution is -2.36. The zero-order valence-corrected chi connectivity index (χ0v) is 9.59. The number of nitrogens with zero attached hydrogens (tertiary/aromatic N) is 1. The van der Waals surface area contributed by atoms with E-state index in [1.165, 1.54) is 4.90 Å². The fourth-order valence-corrected chi connectivity index (χ4v) is 1.73. The number of hydrazine groups is 1. The van der Waals surface area contributed by atoms with E-state index >= 15 is 0 Å². The number of nitrogens with two attached hydrogens (primary N) is 1. The van der Waals surface area contributed by atoms with Crippen molar-refractivity contribution in [3.05, 3.63) is 0 Å². The van der Waals surface area contributed by atoms with Gasteiger partial charge in [-0.2, -0.15) is 13.2 Å². The molecule has 0 aliphatic heterocycles. The summed E-state index contributed by atoms with van der Waals surface area (Å²) in [6.45, 7) is -0.456. The highest BCUT2D eigenvalue weighted by Gasteiger charge is 2.37. The number of nitrogens with one attached hydrogen (secondary N) is 1. The number of hydrogen-bond acceptors (Lipinski definition) is 3. The van der Waals surface area contributed by atoms with E-state index in [-0.39, 0.29) is 18.4 Å². The van der Waals surface area contributed by atoms with E-state index in [2.05, 4.69) is 0 Å². The largest absolute Gasteiger partial charge is 0.401 e. The molecule has 1 rings (SSSR count). The van der Waals surface area contributed by atoms with Crippen molar-refractivity contribution in [2.24, 2.45) is 5.84 Å². The highest BCUT2D eigenvalue weighted by molar-refractivity contribution is 5.75. The third kappa shape index (κ3) is 6.48. The normalized spacial score (nSPS) is 16.3. The van der Waals surface area contributed by atoms with Crippen LogP contribution >= 0.6 is 0 Å². The SMILES string of the molecule is NNC(=O)CCCCN(CC(F)(F)F)C1CC1. The molecule has 1 aliphatic rings. The quantitative estimate of drug-likeness (QED) is 0.310. The van der Waals surface area contributed by atoms with Gasteiger partial charge in [-0.1, -0.05) is 0 Å². The van der Waals surface area contributed by atoms with Crippen LogP contribution in [0.15, 0.2) is 0 Å². The molecule has 0 aromatic heterocycles. The van der Waals surface area contributed by atoms with Gasteiger partial charge in [0.2, 0.25) is 5.91 Å². The number of rotatable bonds is 7. The highest BCUT2D eigenvalue weighted by atomic mass is 19.4. The van der Waals surface area contributed by atoms with Crippen molar-refractivity contribution in [2.75, 3.05) is 13.1 Å². The van der Waals surface area contributed by atoms with Gasteiger partial charge < -0.3 is 0 Å². The number of hydrogen-bond donors (Lipinski definition) is 2. The van der Waals surface area contributed by atoms with E-state index in [0.717, 1.165) is 12.8 Å². The minimum Gasteiger partial charge on any atom is -0.294 e. The van der Waals surface area contributed by atoms with Gasteiger partial charge in [0.25, 0.3) is 0 Å². The third-order valence-corrected chi connectivity index (χ3v) is 2.71. The predicted molar refractivity (Wildman–Crippen MR) is 56.8 cm³/mol. The number of amides is 1. The Morgan fingerprint density at radius 3 is 2.47 bits per heavy atom. The van der Waals surface area contributed by atoms with Crippen LogP contribution in [0.4, 0.5) is 13.2 Å². The Labute approximate surface area is 98.3 Å². The Kier molecular flexibility index (Phi) is 5.20. The topological polar surface area (TPSA) is 58.4 Å². The van der Waals surface area contributed by atoms with E-state index in [1.807, 2.05) is 5.43 Å². The molecule has 3 N–H and O–H groups in total. The Balaban J connectivity index is 2.19. The van der Waals surface area contributed by atoms with Crippen molar-refractivity contribution in [3.63, 3.8) is 0 Å². The first-order valence-electron chi connectivity index (χ1n) is 5.72. The van der Waals surface area contributed by atoms with Gasteiger partial charge in [0.15, 0.2) is 0 Å². The molecule has 100 valence electrons. The minimum absolute atomic E-state index is 0.0833. The van der Waals surface area contributed by atoms with Crippen LogP contribution in [0.3, 0.4) is 0 Å². The molecule has 0 atom stereocenters. The molecule has 0 unspecified atom stereocenters. The maximum absolute atomic E-state index is 12.3. The molecule has 7 heteroatoms. The number of carbonyl (C=O) groups excluding carboxylic acids is 1. The van der Waals surface area contributed by atoms with Crippen LogP contribution in [0, 0.1) is 0 Å². The van der Waals surface area contributed by atoms with Gasteiger partial charge in [0, 0.05) is 12.5 Å². The number of halogens is 3. The summed E-state index contributed by atoms with van der Waals surface area (Å²) in [4.78, 5) is 12.3. The molecule has 4 nitrogen and oxygen atoms in total. The molecule has 0 saturated heterocycles. The molecule has 1 aliphatic carbocycles. The molecular formula is C10H18F3N3O. The number of unbranched alkanes of at least 4 members (excludes halogenated alkanes) is 1. The van der Waals surface area contributed by atoms with Crippen molar-refractivity contribution in [1.29, 1.82) is 0 Å². The molecule has 0 heterocycles. The monoisotopic (exact) mass is 253 g/mol. The van der Waals surface area contributed by atoms with Gasteiger partial charge in [-0.3, -0.25) is 15.1 Å². The molecule has 0 aromatic carbocycles. The Morgan fingerprint density at radius 1 is 1.35 bits per heavy atom. The lowest BCUT2D eigenvalue weighted by atomic mass is 10.2. The van der Waals surface area contributed by atoms with Gasteiger partial charge in [-0.25, -0.2) is 5.84 Å². The van der Waals surface area contributed by atoms with Crippen LogP contribution in [-0.4, -0.2) is 36.1 Å². The van der Waals surface area contributed by atoms with E-state index < -0.39 is 12.7 Å². The summed E-state index contributed by atoms with van der Waals surface area (Å²) in [6.07, 6.45) is -1.04. The summed E-state index contributed by atoms with van der Waals surface area (Å²) in [6, 6.07) is 0.0833. The summed E-state index contributed by atoms with van der Waals surface area (Å²) in [5.74, 6) is 4.62.